The molecule has 0 radical (unpaired) electrons. The Morgan fingerprint density at radius 1 is 1.12 bits per heavy atom. The summed E-state index contributed by atoms with van der Waals surface area (Å²) in [7, 11) is 1.62. The summed E-state index contributed by atoms with van der Waals surface area (Å²) in [6, 6.07) is 13.5. The minimum Gasteiger partial charge on any atom is -0.493 e. The zero-order valence-corrected chi connectivity index (χ0v) is 16.1. The number of rotatable bonds is 9. The summed E-state index contributed by atoms with van der Waals surface area (Å²) in [5.41, 5.74) is 1.90. The maximum atomic E-state index is 9.32. The molecule has 0 saturated carbocycles. The Hall–Kier alpha value is -1.46. The number of para-hydroxylation sites is 1. The minimum absolute atomic E-state index is 0. The lowest BCUT2D eigenvalue weighted by Gasteiger charge is -2.18. The lowest BCUT2D eigenvalue weighted by atomic mass is 10.1. The molecule has 1 unspecified atom stereocenters. The van der Waals surface area contributed by atoms with E-state index in [2.05, 4.69) is 5.32 Å². The smallest absolute Gasteiger partial charge is 0.166 e. The van der Waals surface area contributed by atoms with Gasteiger partial charge in [-0.1, -0.05) is 48.9 Å². The van der Waals surface area contributed by atoms with Crippen molar-refractivity contribution in [3.05, 3.63) is 58.6 Å². The van der Waals surface area contributed by atoms with Gasteiger partial charge in [-0.3, -0.25) is 0 Å². The van der Waals surface area contributed by atoms with Crippen LogP contribution >= 0.6 is 24.0 Å². The van der Waals surface area contributed by atoms with Crippen LogP contribution in [0.4, 0.5) is 0 Å². The van der Waals surface area contributed by atoms with E-state index in [9.17, 15) is 5.11 Å². The van der Waals surface area contributed by atoms with Crippen LogP contribution in [0.3, 0.4) is 0 Å². The average molecular weight is 386 g/mol. The van der Waals surface area contributed by atoms with E-state index in [-0.39, 0.29) is 25.1 Å². The van der Waals surface area contributed by atoms with Gasteiger partial charge in [-0.05, 0) is 18.6 Å². The molecule has 0 bridgehead atoms. The second-order valence-corrected chi connectivity index (χ2v) is 5.90. The molecule has 0 aromatic heterocycles. The molecular weight excluding hydrogens is 361 g/mol. The monoisotopic (exact) mass is 385 g/mol. The minimum atomic E-state index is 0. The van der Waals surface area contributed by atoms with Crippen molar-refractivity contribution in [1.29, 1.82) is 0 Å². The number of aliphatic hydroxyl groups is 1. The first-order chi connectivity index (χ1) is 11.7. The summed E-state index contributed by atoms with van der Waals surface area (Å²) in [5.74, 6) is 1.37. The Bertz CT molecular complexity index is 648. The maximum Gasteiger partial charge on any atom is 0.166 e. The largest absolute Gasteiger partial charge is 0.493 e. The molecule has 0 heterocycles. The molecule has 138 valence electrons. The van der Waals surface area contributed by atoms with Crippen LogP contribution in [0.5, 0.6) is 11.5 Å². The van der Waals surface area contributed by atoms with Crippen LogP contribution < -0.4 is 14.8 Å². The molecule has 4 nitrogen and oxygen atoms in total. The molecule has 0 saturated heterocycles. The van der Waals surface area contributed by atoms with Crippen molar-refractivity contribution in [1.82, 2.24) is 5.32 Å². The number of methoxy groups -OCH3 is 1. The van der Waals surface area contributed by atoms with Crippen molar-refractivity contribution in [2.75, 3.05) is 13.7 Å². The molecule has 0 aliphatic carbocycles. The highest BCUT2D eigenvalue weighted by atomic mass is 35.5. The summed E-state index contributed by atoms with van der Waals surface area (Å²) in [6.07, 6.45) is 0.857. The van der Waals surface area contributed by atoms with E-state index < -0.39 is 0 Å². The Morgan fingerprint density at radius 2 is 1.84 bits per heavy atom. The Kier molecular flexibility index (Phi) is 9.68. The first-order valence-electron chi connectivity index (χ1n) is 8.05. The summed E-state index contributed by atoms with van der Waals surface area (Å²) in [5, 5.41) is 13.3. The molecule has 2 N–H and O–H groups in total. The summed E-state index contributed by atoms with van der Waals surface area (Å²) >= 11 is 6.19. The van der Waals surface area contributed by atoms with Gasteiger partial charge in [-0.25, -0.2) is 0 Å². The highest BCUT2D eigenvalue weighted by Crippen LogP contribution is 2.32. The van der Waals surface area contributed by atoms with Crippen molar-refractivity contribution < 1.29 is 14.6 Å². The third-order valence-electron chi connectivity index (χ3n) is 3.90. The van der Waals surface area contributed by atoms with Crippen LogP contribution in [0.1, 0.15) is 24.5 Å². The van der Waals surface area contributed by atoms with E-state index >= 15 is 0 Å². The summed E-state index contributed by atoms with van der Waals surface area (Å²) in [6.45, 7) is 3.10. The Morgan fingerprint density at radius 3 is 2.48 bits per heavy atom. The van der Waals surface area contributed by atoms with E-state index in [0.29, 0.717) is 29.7 Å². The van der Waals surface area contributed by atoms with Gasteiger partial charge in [0.1, 0.15) is 6.61 Å². The van der Waals surface area contributed by atoms with Gasteiger partial charge in [0.25, 0.3) is 0 Å². The van der Waals surface area contributed by atoms with Crippen LogP contribution in [0, 0.1) is 0 Å². The number of aliphatic hydroxyl groups excluding tert-OH is 1. The Labute approximate surface area is 160 Å². The van der Waals surface area contributed by atoms with Crippen molar-refractivity contribution in [2.24, 2.45) is 0 Å². The lowest BCUT2D eigenvalue weighted by Crippen LogP contribution is -2.31. The standard InChI is InChI=1S/C19H24ClNO3.ClH/c1-3-16(12-22)21-11-14-8-6-10-18(23-2)19(14)24-13-15-7-4-5-9-17(15)20;/h4-10,16,21-22H,3,11-13H2,1-2H3;1H. The fourth-order valence-corrected chi connectivity index (χ4v) is 2.57. The predicted octanol–water partition coefficient (Wildman–Crippen LogP) is 4.21. The normalized spacial score (nSPS) is 11.5. The number of ether oxygens (including phenoxy) is 2. The fourth-order valence-electron chi connectivity index (χ4n) is 2.38. The number of hydrogen-bond acceptors (Lipinski definition) is 4. The quantitative estimate of drug-likeness (QED) is 0.678. The van der Waals surface area contributed by atoms with Gasteiger partial charge < -0.3 is 19.9 Å². The van der Waals surface area contributed by atoms with E-state index in [1.54, 1.807) is 7.11 Å². The third kappa shape index (κ3) is 6.08. The highest BCUT2D eigenvalue weighted by molar-refractivity contribution is 6.31. The predicted molar refractivity (Wildman–Crippen MR) is 104 cm³/mol. The van der Waals surface area contributed by atoms with Crippen molar-refractivity contribution in [3.8, 4) is 11.5 Å². The van der Waals surface area contributed by atoms with Crippen molar-refractivity contribution in [3.63, 3.8) is 0 Å². The van der Waals surface area contributed by atoms with E-state index in [4.69, 9.17) is 21.1 Å². The number of hydrogen-bond donors (Lipinski definition) is 2. The van der Waals surface area contributed by atoms with Gasteiger partial charge in [0.05, 0.1) is 13.7 Å². The topological polar surface area (TPSA) is 50.7 Å². The molecule has 0 spiro atoms. The van der Waals surface area contributed by atoms with Gasteiger partial charge in [-0.2, -0.15) is 0 Å². The molecular formula is C19H25Cl2NO3. The molecule has 0 aliphatic rings. The lowest BCUT2D eigenvalue weighted by molar-refractivity contribution is 0.236. The van der Waals surface area contributed by atoms with Gasteiger partial charge in [0.2, 0.25) is 0 Å². The zero-order chi connectivity index (χ0) is 17.4. The van der Waals surface area contributed by atoms with Crippen LogP contribution in [-0.2, 0) is 13.2 Å². The van der Waals surface area contributed by atoms with Crippen LogP contribution in [0.15, 0.2) is 42.5 Å². The molecule has 6 heteroatoms. The Balaban J connectivity index is 0.00000312. The second kappa shape index (κ2) is 11.2. The average Bonchev–Trinajstić information content (AvgIpc) is 2.62. The van der Waals surface area contributed by atoms with Gasteiger partial charge in [0, 0.05) is 28.7 Å². The summed E-state index contributed by atoms with van der Waals surface area (Å²) < 4.78 is 11.4. The van der Waals surface area contributed by atoms with Gasteiger partial charge in [0.15, 0.2) is 11.5 Å². The first-order valence-corrected chi connectivity index (χ1v) is 8.43. The van der Waals surface area contributed by atoms with Gasteiger partial charge in [-0.15, -0.1) is 12.4 Å². The van der Waals surface area contributed by atoms with Gasteiger partial charge >= 0.3 is 0 Å². The maximum absolute atomic E-state index is 9.32. The van der Waals surface area contributed by atoms with Crippen molar-refractivity contribution in [2.45, 2.75) is 32.5 Å². The number of halogens is 2. The molecule has 25 heavy (non-hydrogen) atoms. The fraction of sp³-hybridized carbons (Fsp3) is 0.368. The van der Waals surface area contributed by atoms with E-state index in [0.717, 1.165) is 17.5 Å². The molecule has 0 amide bonds. The van der Waals surface area contributed by atoms with Crippen molar-refractivity contribution >= 4 is 24.0 Å². The van der Waals surface area contributed by atoms with Crippen LogP contribution in [0.2, 0.25) is 5.02 Å². The second-order valence-electron chi connectivity index (χ2n) is 5.50. The molecule has 0 aliphatic heterocycles. The number of benzene rings is 2. The van der Waals surface area contributed by atoms with Crippen LogP contribution in [-0.4, -0.2) is 24.9 Å². The molecule has 2 aromatic rings. The van der Waals surface area contributed by atoms with E-state index in [1.807, 2.05) is 49.4 Å². The number of nitrogens with one attached hydrogen (secondary N) is 1. The third-order valence-corrected chi connectivity index (χ3v) is 4.27. The molecule has 2 aromatic carbocycles. The molecule has 2 rings (SSSR count). The van der Waals surface area contributed by atoms with E-state index in [1.165, 1.54) is 0 Å². The highest BCUT2D eigenvalue weighted by Gasteiger charge is 2.13. The zero-order valence-electron chi connectivity index (χ0n) is 14.5. The first kappa shape index (κ1) is 21.6. The van der Waals surface area contributed by atoms with Crippen LogP contribution in [0.25, 0.3) is 0 Å². The summed E-state index contributed by atoms with van der Waals surface area (Å²) in [4.78, 5) is 0. The molecule has 1 atom stereocenters. The molecule has 0 fully saturated rings. The SMILES string of the molecule is CCC(CO)NCc1cccc(OC)c1OCc1ccccc1Cl.Cl.